The fourth-order valence-corrected chi connectivity index (χ4v) is 2.72. The van der Waals surface area contributed by atoms with Crippen LogP contribution in [0.5, 0.6) is 0 Å². The van der Waals surface area contributed by atoms with Crippen molar-refractivity contribution in [2.75, 3.05) is 31.6 Å². The van der Waals surface area contributed by atoms with Crippen molar-refractivity contribution in [3.63, 3.8) is 0 Å². The van der Waals surface area contributed by atoms with E-state index in [9.17, 15) is 9.59 Å². The molecule has 0 aliphatic carbocycles. The van der Waals surface area contributed by atoms with Crippen molar-refractivity contribution in [3.05, 3.63) is 24.1 Å². The molecule has 24 heavy (non-hydrogen) atoms. The van der Waals surface area contributed by atoms with E-state index in [2.05, 4.69) is 10.3 Å². The number of aryl methyl sites for hydroxylation is 1. The third-order valence-corrected chi connectivity index (χ3v) is 3.92. The third-order valence-electron chi connectivity index (χ3n) is 3.92. The van der Waals surface area contributed by atoms with Gasteiger partial charge in [0.2, 0.25) is 11.8 Å². The summed E-state index contributed by atoms with van der Waals surface area (Å²) >= 11 is 0. The quantitative estimate of drug-likeness (QED) is 0.927. The number of amides is 2. The van der Waals surface area contributed by atoms with Gasteiger partial charge in [-0.25, -0.2) is 4.98 Å². The number of hydrogen-bond acceptors (Lipinski definition) is 5. The van der Waals surface area contributed by atoms with Crippen LogP contribution >= 0.6 is 0 Å². The first-order valence-corrected chi connectivity index (χ1v) is 8.14. The summed E-state index contributed by atoms with van der Waals surface area (Å²) in [6, 6.07) is 5.30. The summed E-state index contributed by atoms with van der Waals surface area (Å²) in [7, 11) is 0. The number of nitrogens with zero attached hydrogens (tertiary/aromatic N) is 2. The van der Waals surface area contributed by atoms with E-state index in [0.717, 1.165) is 6.42 Å². The molecule has 7 nitrogen and oxygen atoms in total. The van der Waals surface area contributed by atoms with E-state index >= 15 is 0 Å². The van der Waals surface area contributed by atoms with Crippen molar-refractivity contribution >= 4 is 28.6 Å². The first-order valence-electron chi connectivity index (χ1n) is 8.14. The minimum Gasteiger partial charge on any atom is -0.441 e. The van der Waals surface area contributed by atoms with Gasteiger partial charge in [0.05, 0.1) is 6.61 Å². The van der Waals surface area contributed by atoms with Gasteiger partial charge in [0.25, 0.3) is 0 Å². The molecule has 2 heterocycles. The Balaban J connectivity index is 1.51. The number of oxazole rings is 1. The zero-order chi connectivity index (χ0) is 16.9. The maximum absolute atomic E-state index is 12.2. The van der Waals surface area contributed by atoms with Crippen LogP contribution in [-0.4, -0.2) is 48.0 Å². The molecule has 1 aromatic heterocycles. The van der Waals surface area contributed by atoms with Gasteiger partial charge < -0.3 is 19.4 Å². The van der Waals surface area contributed by atoms with E-state index in [4.69, 9.17) is 9.15 Å². The van der Waals surface area contributed by atoms with E-state index in [-0.39, 0.29) is 24.7 Å². The van der Waals surface area contributed by atoms with Gasteiger partial charge in [0.1, 0.15) is 5.52 Å². The van der Waals surface area contributed by atoms with Crippen molar-refractivity contribution < 1.29 is 18.7 Å². The SMILES string of the molecule is Cc1nc2cc(NC(=O)CCC(=O)N3CCCOCC3)ccc2o1. The van der Waals surface area contributed by atoms with Gasteiger partial charge in [-0.2, -0.15) is 0 Å². The molecule has 1 N–H and O–H groups in total. The summed E-state index contributed by atoms with van der Waals surface area (Å²) < 4.78 is 10.7. The molecule has 0 unspecified atom stereocenters. The Hall–Kier alpha value is -2.41. The Labute approximate surface area is 140 Å². The van der Waals surface area contributed by atoms with Gasteiger partial charge in [-0.1, -0.05) is 0 Å². The lowest BCUT2D eigenvalue weighted by atomic mass is 10.2. The van der Waals surface area contributed by atoms with Crippen LogP contribution in [0.2, 0.25) is 0 Å². The number of fused-ring (bicyclic) bond motifs is 1. The molecule has 3 rings (SSSR count). The molecule has 1 aliphatic heterocycles. The van der Waals surface area contributed by atoms with Gasteiger partial charge in [-0.3, -0.25) is 9.59 Å². The molecule has 2 amide bonds. The maximum atomic E-state index is 12.2. The van der Waals surface area contributed by atoms with Crippen molar-refractivity contribution in [1.29, 1.82) is 0 Å². The molecular formula is C17H21N3O4. The van der Waals surface area contributed by atoms with Crippen LogP contribution in [0.3, 0.4) is 0 Å². The zero-order valence-corrected chi connectivity index (χ0v) is 13.7. The van der Waals surface area contributed by atoms with Gasteiger partial charge in [0.15, 0.2) is 11.5 Å². The Morgan fingerprint density at radius 1 is 1.25 bits per heavy atom. The van der Waals surface area contributed by atoms with E-state index in [1.807, 2.05) is 0 Å². The van der Waals surface area contributed by atoms with Gasteiger partial charge >= 0.3 is 0 Å². The number of rotatable bonds is 4. The number of ether oxygens (including phenoxy) is 1. The van der Waals surface area contributed by atoms with E-state index < -0.39 is 0 Å². The summed E-state index contributed by atoms with van der Waals surface area (Å²) in [5.74, 6) is 0.396. The molecule has 0 spiro atoms. The van der Waals surface area contributed by atoms with Gasteiger partial charge in [-0.05, 0) is 24.6 Å². The second kappa shape index (κ2) is 7.44. The highest BCUT2D eigenvalue weighted by Crippen LogP contribution is 2.19. The van der Waals surface area contributed by atoms with Gasteiger partial charge in [0, 0.05) is 45.1 Å². The number of carbonyl (C=O) groups excluding carboxylic acids is 2. The molecule has 0 radical (unpaired) electrons. The topological polar surface area (TPSA) is 84.7 Å². The van der Waals surface area contributed by atoms with Crippen LogP contribution in [0.15, 0.2) is 22.6 Å². The second-order valence-corrected chi connectivity index (χ2v) is 5.81. The summed E-state index contributed by atoms with van der Waals surface area (Å²) in [6.07, 6.45) is 1.21. The molecular weight excluding hydrogens is 310 g/mol. The second-order valence-electron chi connectivity index (χ2n) is 5.81. The molecule has 0 atom stereocenters. The highest BCUT2D eigenvalue weighted by Gasteiger charge is 2.17. The lowest BCUT2D eigenvalue weighted by Crippen LogP contribution is -2.33. The average Bonchev–Trinajstić information content (AvgIpc) is 2.75. The zero-order valence-electron chi connectivity index (χ0n) is 13.7. The predicted molar refractivity (Wildman–Crippen MR) is 88.6 cm³/mol. The Kier molecular flexibility index (Phi) is 5.10. The minimum absolute atomic E-state index is 0.00164. The fraction of sp³-hybridized carbons (Fsp3) is 0.471. The smallest absolute Gasteiger partial charge is 0.224 e. The van der Waals surface area contributed by atoms with Crippen molar-refractivity contribution in [2.45, 2.75) is 26.2 Å². The van der Waals surface area contributed by atoms with E-state index in [0.29, 0.717) is 49.0 Å². The highest BCUT2D eigenvalue weighted by atomic mass is 16.5. The maximum Gasteiger partial charge on any atom is 0.224 e. The summed E-state index contributed by atoms with van der Waals surface area (Å²) in [6.45, 7) is 4.33. The highest BCUT2D eigenvalue weighted by molar-refractivity contribution is 5.94. The van der Waals surface area contributed by atoms with Crippen LogP contribution in [0.4, 0.5) is 5.69 Å². The fourth-order valence-electron chi connectivity index (χ4n) is 2.72. The van der Waals surface area contributed by atoms with Crippen LogP contribution in [0.25, 0.3) is 11.1 Å². The monoisotopic (exact) mass is 331 g/mol. The number of carbonyl (C=O) groups is 2. The Morgan fingerprint density at radius 2 is 2.12 bits per heavy atom. The summed E-state index contributed by atoms with van der Waals surface area (Å²) in [4.78, 5) is 30.2. The average molecular weight is 331 g/mol. The molecule has 128 valence electrons. The van der Waals surface area contributed by atoms with E-state index in [1.54, 1.807) is 30.0 Å². The molecule has 7 heteroatoms. The number of benzene rings is 1. The molecule has 1 saturated heterocycles. The van der Waals surface area contributed by atoms with Crippen LogP contribution in [-0.2, 0) is 14.3 Å². The Bertz CT molecular complexity index is 733. The first kappa shape index (κ1) is 16.4. The number of nitrogens with one attached hydrogen (secondary N) is 1. The molecule has 1 aromatic carbocycles. The molecule has 2 aromatic rings. The van der Waals surface area contributed by atoms with Crippen molar-refractivity contribution in [3.8, 4) is 0 Å². The minimum atomic E-state index is -0.186. The van der Waals surface area contributed by atoms with E-state index in [1.165, 1.54) is 0 Å². The van der Waals surface area contributed by atoms with Crippen LogP contribution in [0, 0.1) is 6.92 Å². The number of aromatic nitrogens is 1. The predicted octanol–water partition coefficient (Wildman–Crippen LogP) is 2.10. The van der Waals surface area contributed by atoms with Crippen LogP contribution in [0.1, 0.15) is 25.2 Å². The lowest BCUT2D eigenvalue weighted by Gasteiger charge is -2.19. The standard InChI is InChI=1S/C17H21N3O4/c1-12-18-14-11-13(3-4-15(14)24-12)19-16(21)5-6-17(22)20-7-2-9-23-10-8-20/h3-4,11H,2,5-10H2,1H3,(H,19,21). The summed E-state index contributed by atoms with van der Waals surface area (Å²) in [5.41, 5.74) is 2.03. The van der Waals surface area contributed by atoms with Crippen LogP contribution < -0.4 is 5.32 Å². The number of anilines is 1. The van der Waals surface area contributed by atoms with Crippen molar-refractivity contribution in [2.24, 2.45) is 0 Å². The summed E-state index contributed by atoms with van der Waals surface area (Å²) in [5, 5.41) is 2.80. The molecule has 1 fully saturated rings. The lowest BCUT2D eigenvalue weighted by molar-refractivity contribution is -0.132. The molecule has 1 aliphatic rings. The normalized spacial score (nSPS) is 15.3. The van der Waals surface area contributed by atoms with Gasteiger partial charge in [-0.15, -0.1) is 0 Å². The Morgan fingerprint density at radius 3 is 3.00 bits per heavy atom. The third kappa shape index (κ3) is 4.11. The largest absolute Gasteiger partial charge is 0.441 e. The molecule has 0 saturated carbocycles. The first-order chi connectivity index (χ1) is 11.6. The van der Waals surface area contributed by atoms with Crippen molar-refractivity contribution in [1.82, 2.24) is 9.88 Å². The molecule has 0 bridgehead atoms. The number of hydrogen-bond donors (Lipinski definition) is 1.